The third-order valence-corrected chi connectivity index (χ3v) is 5.48. The highest BCUT2D eigenvalue weighted by atomic mass is 16.5. The number of carboxylic acid groups (broad SMARTS) is 1. The molecular weight excluding hydrogens is 340 g/mol. The summed E-state index contributed by atoms with van der Waals surface area (Å²) in [5, 5.41) is 8.98. The lowest BCUT2D eigenvalue weighted by Crippen LogP contribution is -2.17. The molecule has 0 amide bonds. The lowest BCUT2D eigenvalue weighted by atomic mass is 9.82. The van der Waals surface area contributed by atoms with Gasteiger partial charge in [-0.05, 0) is 84.9 Å². The predicted octanol–water partition coefficient (Wildman–Crippen LogP) is 4.63. The van der Waals surface area contributed by atoms with Crippen molar-refractivity contribution in [3.8, 4) is 11.5 Å². The predicted molar refractivity (Wildman–Crippen MR) is 103 cm³/mol. The van der Waals surface area contributed by atoms with Crippen molar-refractivity contribution in [1.82, 2.24) is 0 Å². The summed E-state index contributed by atoms with van der Waals surface area (Å²) < 4.78 is 11.7. The van der Waals surface area contributed by atoms with Crippen molar-refractivity contribution in [2.45, 2.75) is 45.1 Å². The average Bonchev–Trinajstić information content (AvgIpc) is 3.49. The monoisotopic (exact) mass is 366 g/mol. The van der Waals surface area contributed by atoms with Crippen molar-refractivity contribution in [3.63, 3.8) is 0 Å². The normalized spacial score (nSPS) is 18.6. The van der Waals surface area contributed by atoms with E-state index in [1.165, 1.54) is 24.0 Å². The van der Waals surface area contributed by atoms with Crippen LogP contribution >= 0.6 is 0 Å². The van der Waals surface area contributed by atoms with E-state index in [0.29, 0.717) is 6.61 Å². The molecule has 2 aliphatic rings. The van der Waals surface area contributed by atoms with Gasteiger partial charge in [0.2, 0.25) is 0 Å². The van der Waals surface area contributed by atoms with E-state index < -0.39 is 5.97 Å². The van der Waals surface area contributed by atoms with Crippen LogP contribution in [0.15, 0.2) is 42.5 Å². The van der Waals surface area contributed by atoms with Gasteiger partial charge in [-0.2, -0.15) is 0 Å². The van der Waals surface area contributed by atoms with E-state index in [9.17, 15) is 4.79 Å². The van der Waals surface area contributed by atoms with Crippen LogP contribution in [0.3, 0.4) is 0 Å². The molecule has 0 bridgehead atoms. The Morgan fingerprint density at radius 2 is 1.70 bits per heavy atom. The first-order valence-corrected chi connectivity index (χ1v) is 9.84. The van der Waals surface area contributed by atoms with E-state index in [1.54, 1.807) is 0 Å². The first-order valence-electron chi connectivity index (χ1n) is 9.84. The van der Waals surface area contributed by atoms with Crippen LogP contribution in [0, 0.1) is 11.8 Å². The maximum atomic E-state index is 10.9. The highest BCUT2D eigenvalue weighted by Gasteiger charge is 2.22. The lowest BCUT2D eigenvalue weighted by Gasteiger charge is -2.24. The van der Waals surface area contributed by atoms with E-state index in [0.717, 1.165) is 48.8 Å². The number of hydrogen-bond acceptors (Lipinski definition) is 3. The summed E-state index contributed by atoms with van der Waals surface area (Å²) in [6, 6.07) is 14.3. The molecule has 1 N–H and O–H groups in total. The van der Waals surface area contributed by atoms with E-state index in [1.807, 2.05) is 18.2 Å². The topological polar surface area (TPSA) is 55.8 Å². The van der Waals surface area contributed by atoms with Crippen LogP contribution in [0.4, 0.5) is 0 Å². The molecule has 0 saturated heterocycles. The van der Waals surface area contributed by atoms with E-state index >= 15 is 0 Å². The molecule has 0 radical (unpaired) electrons. The summed E-state index contributed by atoms with van der Waals surface area (Å²) >= 11 is 0. The summed E-state index contributed by atoms with van der Waals surface area (Å²) in [5.41, 5.74) is 3.67. The summed E-state index contributed by atoms with van der Waals surface area (Å²) in [7, 11) is 0. The minimum atomic E-state index is -0.702. The second kappa shape index (κ2) is 8.03. The zero-order chi connectivity index (χ0) is 18.6. The molecular formula is C23H26O4. The molecule has 2 aromatic carbocycles. The number of fused-ring (bicyclic) bond motifs is 1. The summed E-state index contributed by atoms with van der Waals surface area (Å²) in [6.45, 7) is 1.36. The fourth-order valence-electron chi connectivity index (χ4n) is 3.66. The van der Waals surface area contributed by atoms with Crippen molar-refractivity contribution in [2.75, 3.05) is 6.61 Å². The van der Waals surface area contributed by atoms with Crippen LogP contribution in [0.2, 0.25) is 0 Å². The van der Waals surface area contributed by atoms with Crippen molar-refractivity contribution in [2.24, 2.45) is 11.8 Å². The second-order valence-electron chi connectivity index (χ2n) is 7.82. The Balaban J connectivity index is 1.30. The van der Waals surface area contributed by atoms with Crippen LogP contribution in [-0.4, -0.2) is 17.7 Å². The van der Waals surface area contributed by atoms with Gasteiger partial charge in [0.15, 0.2) is 0 Å². The van der Waals surface area contributed by atoms with Gasteiger partial charge in [0.1, 0.15) is 18.1 Å². The first kappa shape index (κ1) is 17.9. The molecule has 1 saturated carbocycles. The van der Waals surface area contributed by atoms with Crippen molar-refractivity contribution in [3.05, 3.63) is 59.2 Å². The third kappa shape index (κ3) is 5.03. The number of rotatable bonds is 8. The van der Waals surface area contributed by atoms with Gasteiger partial charge in [-0.15, -0.1) is 0 Å². The van der Waals surface area contributed by atoms with Crippen LogP contribution in [0.5, 0.6) is 11.5 Å². The SMILES string of the molecule is O=C(O)C[C@@H]1CCc2cc(OCc3ccc(OCC4CC4)cc3)ccc2C1. The van der Waals surface area contributed by atoms with Crippen LogP contribution < -0.4 is 9.47 Å². The van der Waals surface area contributed by atoms with Crippen LogP contribution in [-0.2, 0) is 24.2 Å². The molecule has 0 heterocycles. The standard InChI is InChI=1S/C23H26O4/c24-23(25)12-18-3-6-20-13-22(10-7-19(20)11-18)27-15-17-4-8-21(9-5-17)26-14-16-1-2-16/h4-5,7-10,13,16,18H,1-3,6,11-12,14-15H2,(H,24,25)/t18-/m1/s1. The fraction of sp³-hybridized carbons (Fsp3) is 0.435. The Bertz CT molecular complexity index is 793. The zero-order valence-electron chi connectivity index (χ0n) is 15.5. The molecule has 27 heavy (non-hydrogen) atoms. The molecule has 0 unspecified atom stereocenters. The van der Waals surface area contributed by atoms with Crippen LogP contribution in [0.25, 0.3) is 0 Å². The average molecular weight is 366 g/mol. The molecule has 4 rings (SSSR count). The fourth-order valence-corrected chi connectivity index (χ4v) is 3.66. The molecule has 0 aliphatic heterocycles. The van der Waals surface area contributed by atoms with Gasteiger partial charge in [-0.1, -0.05) is 18.2 Å². The molecule has 1 fully saturated rings. The van der Waals surface area contributed by atoms with E-state index in [-0.39, 0.29) is 12.3 Å². The Morgan fingerprint density at radius 1 is 0.926 bits per heavy atom. The Kier molecular flexibility index (Phi) is 5.33. The van der Waals surface area contributed by atoms with Gasteiger partial charge in [0, 0.05) is 6.42 Å². The molecule has 2 aromatic rings. The van der Waals surface area contributed by atoms with Crippen molar-refractivity contribution < 1.29 is 19.4 Å². The lowest BCUT2D eigenvalue weighted by molar-refractivity contribution is -0.138. The van der Waals surface area contributed by atoms with E-state index in [4.69, 9.17) is 14.6 Å². The zero-order valence-corrected chi connectivity index (χ0v) is 15.5. The summed E-state index contributed by atoms with van der Waals surface area (Å²) in [6.07, 6.45) is 5.57. The van der Waals surface area contributed by atoms with Crippen molar-refractivity contribution in [1.29, 1.82) is 0 Å². The number of carbonyl (C=O) groups is 1. The third-order valence-electron chi connectivity index (χ3n) is 5.48. The number of aliphatic carboxylic acids is 1. The minimum Gasteiger partial charge on any atom is -0.493 e. The van der Waals surface area contributed by atoms with Gasteiger partial charge in [-0.25, -0.2) is 0 Å². The van der Waals surface area contributed by atoms with Crippen LogP contribution in [0.1, 0.15) is 42.4 Å². The van der Waals surface area contributed by atoms with Gasteiger partial charge in [-0.3, -0.25) is 4.79 Å². The van der Waals surface area contributed by atoms with E-state index in [2.05, 4.69) is 24.3 Å². The highest BCUT2D eigenvalue weighted by molar-refractivity contribution is 5.67. The van der Waals surface area contributed by atoms with Gasteiger partial charge < -0.3 is 14.6 Å². The molecule has 0 spiro atoms. The number of ether oxygens (including phenoxy) is 2. The Labute approximate surface area is 160 Å². The number of benzene rings is 2. The molecule has 4 nitrogen and oxygen atoms in total. The maximum absolute atomic E-state index is 10.9. The Hall–Kier alpha value is -2.49. The summed E-state index contributed by atoms with van der Waals surface area (Å²) in [5.74, 6) is 2.11. The summed E-state index contributed by atoms with van der Waals surface area (Å²) in [4.78, 5) is 10.9. The molecule has 1 atom stereocenters. The highest BCUT2D eigenvalue weighted by Crippen LogP contribution is 2.31. The number of hydrogen-bond donors (Lipinski definition) is 1. The van der Waals surface area contributed by atoms with Gasteiger partial charge in [0.25, 0.3) is 0 Å². The molecule has 2 aliphatic carbocycles. The maximum Gasteiger partial charge on any atom is 0.303 e. The van der Waals surface area contributed by atoms with Crippen molar-refractivity contribution >= 4 is 5.97 Å². The number of carboxylic acids is 1. The van der Waals surface area contributed by atoms with Gasteiger partial charge >= 0.3 is 5.97 Å². The van der Waals surface area contributed by atoms with Gasteiger partial charge in [0.05, 0.1) is 6.61 Å². The quantitative estimate of drug-likeness (QED) is 0.740. The smallest absolute Gasteiger partial charge is 0.303 e. The largest absolute Gasteiger partial charge is 0.493 e. The Morgan fingerprint density at radius 3 is 2.44 bits per heavy atom. The molecule has 4 heteroatoms. The first-order chi connectivity index (χ1) is 13.2. The second-order valence-corrected chi connectivity index (χ2v) is 7.82. The number of aryl methyl sites for hydroxylation is 1. The molecule has 142 valence electrons. The molecule has 0 aromatic heterocycles. The minimum absolute atomic E-state index is 0.252.